The van der Waals surface area contributed by atoms with Gasteiger partial charge in [-0.2, -0.15) is 0 Å². The molecule has 0 aliphatic carbocycles. The summed E-state index contributed by atoms with van der Waals surface area (Å²) >= 11 is 0. The van der Waals surface area contributed by atoms with E-state index in [0.717, 1.165) is 39.0 Å². The van der Waals surface area contributed by atoms with Crippen LogP contribution in [0.1, 0.15) is 40.5 Å². The minimum absolute atomic E-state index is 0.472. The molecule has 2 N–H and O–H groups in total. The van der Waals surface area contributed by atoms with Crippen molar-refractivity contribution >= 4 is 0 Å². The van der Waals surface area contributed by atoms with Gasteiger partial charge in [-0.1, -0.05) is 13.8 Å². The lowest BCUT2D eigenvalue weighted by atomic mass is 9.90. The molecule has 96 valence electrons. The Bertz CT molecular complexity index is 191. The fraction of sp³-hybridized carbons (Fsp3) is 1.00. The molecule has 1 rings (SSSR count). The van der Waals surface area contributed by atoms with E-state index in [1.807, 2.05) is 0 Å². The lowest BCUT2D eigenvalue weighted by Gasteiger charge is -2.40. The largest absolute Gasteiger partial charge is 0.388 e. The Balaban J connectivity index is 2.27. The summed E-state index contributed by atoms with van der Waals surface area (Å²) in [5, 5.41) is 13.8. The van der Waals surface area contributed by atoms with Gasteiger partial charge in [-0.3, -0.25) is 0 Å². The van der Waals surface area contributed by atoms with Gasteiger partial charge in [-0.15, -0.1) is 0 Å². The average Bonchev–Trinajstić information content (AvgIpc) is 2.17. The molecule has 1 heterocycles. The van der Waals surface area contributed by atoms with Crippen LogP contribution in [0.4, 0.5) is 0 Å². The van der Waals surface area contributed by atoms with E-state index in [1.165, 1.54) is 0 Å². The SMILES string of the molecule is CC(C)CNCC1(O)CCN(C(C)C)CC1. The van der Waals surface area contributed by atoms with Crippen LogP contribution >= 0.6 is 0 Å². The lowest BCUT2D eigenvalue weighted by molar-refractivity contribution is -0.0265. The monoisotopic (exact) mass is 228 g/mol. The van der Waals surface area contributed by atoms with Crippen molar-refractivity contribution in [2.24, 2.45) is 5.92 Å². The molecule has 0 spiro atoms. The molecule has 0 saturated carbocycles. The predicted octanol–water partition coefficient (Wildman–Crippen LogP) is 1.47. The van der Waals surface area contributed by atoms with Gasteiger partial charge < -0.3 is 15.3 Å². The highest BCUT2D eigenvalue weighted by Crippen LogP contribution is 2.22. The fourth-order valence-corrected chi connectivity index (χ4v) is 2.23. The number of hydrogen-bond acceptors (Lipinski definition) is 3. The van der Waals surface area contributed by atoms with Crippen LogP contribution < -0.4 is 5.32 Å². The minimum Gasteiger partial charge on any atom is -0.388 e. The van der Waals surface area contributed by atoms with Crippen LogP contribution in [0.3, 0.4) is 0 Å². The summed E-state index contributed by atoms with van der Waals surface area (Å²) in [7, 11) is 0. The Morgan fingerprint density at radius 3 is 2.19 bits per heavy atom. The second-order valence-electron chi connectivity index (χ2n) is 5.88. The Morgan fingerprint density at radius 1 is 1.19 bits per heavy atom. The number of nitrogens with zero attached hydrogens (tertiary/aromatic N) is 1. The van der Waals surface area contributed by atoms with E-state index in [4.69, 9.17) is 0 Å². The van der Waals surface area contributed by atoms with Crippen molar-refractivity contribution in [2.45, 2.75) is 52.2 Å². The van der Waals surface area contributed by atoms with Crippen LogP contribution in [-0.2, 0) is 0 Å². The van der Waals surface area contributed by atoms with E-state index < -0.39 is 5.60 Å². The topological polar surface area (TPSA) is 35.5 Å². The Kier molecular flexibility index (Phi) is 5.22. The predicted molar refractivity (Wildman–Crippen MR) is 68.6 cm³/mol. The van der Waals surface area contributed by atoms with Gasteiger partial charge in [0.1, 0.15) is 0 Å². The van der Waals surface area contributed by atoms with Crippen molar-refractivity contribution in [3.63, 3.8) is 0 Å². The molecule has 16 heavy (non-hydrogen) atoms. The van der Waals surface area contributed by atoms with Gasteiger partial charge in [-0.25, -0.2) is 0 Å². The first kappa shape index (κ1) is 13.9. The zero-order chi connectivity index (χ0) is 12.2. The minimum atomic E-state index is -0.472. The zero-order valence-electron chi connectivity index (χ0n) is 11.3. The molecule has 0 aromatic heterocycles. The molecule has 0 atom stereocenters. The third-order valence-electron chi connectivity index (χ3n) is 3.47. The number of nitrogens with one attached hydrogen (secondary N) is 1. The number of aliphatic hydroxyl groups is 1. The molecular weight excluding hydrogens is 200 g/mol. The molecule has 1 fully saturated rings. The summed E-state index contributed by atoms with van der Waals surface area (Å²) in [6.07, 6.45) is 1.80. The molecule has 0 radical (unpaired) electrons. The van der Waals surface area contributed by atoms with Gasteiger partial charge >= 0.3 is 0 Å². The number of piperidine rings is 1. The van der Waals surface area contributed by atoms with Crippen molar-refractivity contribution < 1.29 is 5.11 Å². The molecule has 0 bridgehead atoms. The Labute approximate surface area is 100 Å². The Hall–Kier alpha value is -0.120. The van der Waals surface area contributed by atoms with Crippen molar-refractivity contribution in [2.75, 3.05) is 26.2 Å². The maximum Gasteiger partial charge on any atom is 0.0795 e. The highest BCUT2D eigenvalue weighted by molar-refractivity contribution is 4.88. The summed E-state index contributed by atoms with van der Waals surface area (Å²) in [5.41, 5.74) is -0.472. The van der Waals surface area contributed by atoms with Crippen LogP contribution in [0, 0.1) is 5.92 Å². The molecule has 3 nitrogen and oxygen atoms in total. The third-order valence-corrected chi connectivity index (χ3v) is 3.47. The third kappa shape index (κ3) is 4.40. The van der Waals surface area contributed by atoms with Crippen molar-refractivity contribution in [1.29, 1.82) is 0 Å². The number of rotatable bonds is 5. The van der Waals surface area contributed by atoms with Crippen molar-refractivity contribution in [1.82, 2.24) is 10.2 Å². The van der Waals surface area contributed by atoms with Crippen LogP contribution in [0.25, 0.3) is 0 Å². The summed E-state index contributed by atoms with van der Waals surface area (Å²) in [5.74, 6) is 0.652. The van der Waals surface area contributed by atoms with E-state index in [1.54, 1.807) is 0 Å². The highest BCUT2D eigenvalue weighted by atomic mass is 16.3. The summed E-state index contributed by atoms with van der Waals surface area (Å²) in [4.78, 5) is 2.44. The molecular formula is C13H28N2O. The normalized spacial score (nSPS) is 21.9. The van der Waals surface area contributed by atoms with Gasteiger partial charge in [-0.05, 0) is 39.2 Å². The standard InChI is InChI=1S/C13H28N2O/c1-11(2)9-14-10-13(16)5-7-15(8-6-13)12(3)4/h11-12,14,16H,5-10H2,1-4H3. The van der Waals surface area contributed by atoms with Gasteiger partial charge in [0, 0.05) is 25.7 Å². The molecule has 3 heteroatoms. The van der Waals surface area contributed by atoms with Crippen LogP contribution in [0.2, 0.25) is 0 Å². The van der Waals surface area contributed by atoms with Gasteiger partial charge in [0.05, 0.1) is 5.60 Å². The first-order valence-corrected chi connectivity index (χ1v) is 6.60. The maximum atomic E-state index is 10.4. The van der Waals surface area contributed by atoms with Crippen LogP contribution in [0.15, 0.2) is 0 Å². The van der Waals surface area contributed by atoms with Crippen molar-refractivity contribution in [3.8, 4) is 0 Å². The molecule has 1 saturated heterocycles. The molecule has 0 unspecified atom stereocenters. The van der Waals surface area contributed by atoms with E-state index in [2.05, 4.69) is 37.9 Å². The van der Waals surface area contributed by atoms with Gasteiger partial charge in [0.25, 0.3) is 0 Å². The first-order valence-electron chi connectivity index (χ1n) is 6.60. The van der Waals surface area contributed by atoms with E-state index in [-0.39, 0.29) is 0 Å². The number of hydrogen-bond donors (Lipinski definition) is 2. The van der Waals surface area contributed by atoms with Gasteiger partial charge in [0.2, 0.25) is 0 Å². The quantitative estimate of drug-likeness (QED) is 0.748. The molecule has 0 aromatic rings. The average molecular weight is 228 g/mol. The second-order valence-corrected chi connectivity index (χ2v) is 5.88. The highest BCUT2D eigenvalue weighted by Gasteiger charge is 2.32. The van der Waals surface area contributed by atoms with Crippen molar-refractivity contribution in [3.05, 3.63) is 0 Å². The van der Waals surface area contributed by atoms with E-state index >= 15 is 0 Å². The van der Waals surface area contributed by atoms with Crippen LogP contribution in [-0.4, -0.2) is 47.8 Å². The van der Waals surface area contributed by atoms with Crippen LogP contribution in [0.5, 0.6) is 0 Å². The molecule has 0 aromatic carbocycles. The zero-order valence-corrected chi connectivity index (χ0v) is 11.3. The summed E-state index contributed by atoms with van der Waals surface area (Å²) < 4.78 is 0. The Morgan fingerprint density at radius 2 is 1.75 bits per heavy atom. The van der Waals surface area contributed by atoms with E-state index in [0.29, 0.717) is 12.0 Å². The van der Waals surface area contributed by atoms with E-state index in [9.17, 15) is 5.11 Å². The number of likely N-dealkylation sites (tertiary alicyclic amines) is 1. The fourth-order valence-electron chi connectivity index (χ4n) is 2.23. The summed E-state index contributed by atoms with van der Waals surface area (Å²) in [6, 6.07) is 0.605. The molecule has 1 aliphatic rings. The lowest BCUT2D eigenvalue weighted by Crippen LogP contribution is -2.51. The molecule has 0 amide bonds. The summed E-state index contributed by atoms with van der Waals surface area (Å²) in [6.45, 7) is 12.6. The smallest absolute Gasteiger partial charge is 0.0795 e. The first-order chi connectivity index (χ1) is 7.43. The maximum absolute atomic E-state index is 10.4. The second kappa shape index (κ2) is 5.99. The van der Waals surface area contributed by atoms with Gasteiger partial charge in [0.15, 0.2) is 0 Å². The molecule has 1 aliphatic heterocycles.